The van der Waals surface area contributed by atoms with Gasteiger partial charge in [0.2, 0.25) is 0 Å². The predicted molar refractivity (Wildman–Crippen MR) is 86.6 cm³/mol. The van der Waals surface area contributed by atoms with Crippen LogP contribution in [0.3, 0.4) is 0 Å². The molecule has 0 aromatic heterocycles. The number of nitro groups is 1. The van der Waals surface area contributed by atoms with E-state index in [2.05, 4.69) is 15.9 Å². The Balaban J connectivity index is 3.45. The fourth-order valence-electron chi connectivity index (χ4n) is 1.83. The first-order valence-corrected chi connectivity index (χ1v) is 7.43. The van der Waals surface area contributed by atoms with Crippen molar-refractivity contribution in [3.05, 3.63) is 26.7 Å². The van der Waals surface area contributed by atoms with Gasteiger partial charge in [0.15, 0.2) is 11.4 Å². The van der Waals surface area contributed by atoms with Crippen LogP contribution in [0.4, 0.5) is 16.2 Å². The molecule has 1 aromatic carbocycles. The Morgan fingerprint density at radius 2 is 2.00 bits per heavy atom. The highest BCUT2D eigenvalue weighted by atomic mass is 79.9. The Labute approximate surface area is 137 Å². The van der Waals surface area contributed by atoms with E-state index >= 15 is 0 Å². The van der Waals surface area contributed by atoms with E-state index < -0.39 is 16.6 Å². The second kappa shape index (κ2) is 6.95. The topological polar surface area (TPSA) is 81.9 Å². The van der Waals surface area contributed by atoms with Crippen LogP contribution in [0.25, 0.3) is 0 Å². The average Bonchev–Trinajstić information content (AvgIpc) is 2.37. The Morgan fingerprint density at radius 1 is 1.41 bits per heavy atom. The number of nitro benzene ring substituents is 1. The van der Waals surface area contributed by atoms with Crippen molar-refractivity contribution in [2.24, 2.45) is 0 Å². The molecule has 1 amide bonds. The van der Waals surface area contributed by atoms with E-state index in [-0.39, 0.29) is 23.7 Å². The van der Waals surface area contributed by atoms with E-state index in [1.165, 1.54) is 24.1 Å². The lowest BCUT2D eigenvalue weighted by Gasteiger charge is -2.27. The summed E-state index contributed by atoms with van der Waals surface area (Å²) in [5, 5.41) is 11.3. The lowest BCUT2D eigenvalue weighted by molar-refractivity contribution is -0.384. The fourth-order valence-corrected chi connectivity index (χ4v) is 2.32. The summed E-state index contributed by atoms with van der Waals surface area (Å²) in [5.41, 5.74) is -0.871. The van der Waals surface area contributed by atoms with Crippen LogP contribution in [0.1, 0.15) is 27.7 Å². The maximum Gasteiger partial charge on any atom is 0.415 e. The molecular formula is C14H19BrN2O5. The maximum atomic E-state index is 12.4. The average molecular weight is 375 g/mol. The van der Waals surface area contributed by atoms with E-state index in [4.69, 9.17) is 9.47 Å². The van der Waals surface area contributed by atoms with E-state index in [1.807, 2.05) is 0 Å². The Bertz CT molecular complexity index is 583. The molecule has 0 bridgehead atoms. The number of hydrogen-bond donors (Lipinski definition) is 0. The van der Waals surface area contributed by atoms with Crippen molar-refractivity contribution in [3.8, 4) is 5.75 Å². The summed E-state index contributed by atoms with van der Waals surface area (Å²) in [6, 6.07) is 2.82. The number of benzene rings is 1. The molecule has 0 saturated carbocycles. The number of anilines is 1. The highest BCUT2D eigenvalue weighted by Crippen LogP contribution is 2.43. The highest BCUT2D eigenvalue weighted by Gasteiger charge is 2.31. The largest absolute Gasteiger partial charge is 0.493 e. The van der Waals surface area contributed by atoms with Gasteiger partial charge in [-0.3, -0.25) is 15.0 Å². The number of halogens is 1. The third-order valence-electron chi connectivity index (χ3n) is 2.66. The van der Waals surface area contributed by atoms with Crippen LogP contribution in [0.2, 0.25) is 0 Å². The SMILES string of the molecule is CCN(C(=O)OC(C)(C)C)c1c([N+](=O)[O-])ccc(Br)c1OC. The molecule has 0 aliphatic rings. The number of rotatable bonds is 4. The van der Waals surface area contributed by atoms with E-state index in [9.17, 15) is 14.9 Å². The normalized spacial score (nSPS) is 11.0. The van der Waals surface area contributed by atoms with Gasteiger partial charge in [0, 0.05) is 12.6 Å². The molecule has 22 heavy (non-hydrogen) atoms. The lowest BCUT2D eigenvalue weighted by Crippen LogP contribution is -2.37. The van der Waals surface area contributed by atoms with Gasteiger partial charge in [0.25, 0.3) is 5.69 Å². The molecule has 0 heterocycles. The standard InChI is InChI=1S/C14H19BrN2O5/c1-6-16(13(18)22-14(2,3)4)11-10(17(19)20)8-7-9(15)12(11)21-5/h7-8H,6H2,1-5H3. The summed E-state index contributed by atoms with van der Waals surface area (Å²) >= 11 is 3.27. The summed E-state index contributed by atoms with van der Waals surface area (Å²) in [4.78, 5) is 24.3. The summed E-state index contributed by atoms with van der Waals surface area (Å²) in [7, 11) is 1.39. The van der Waals surface area contributed by atoms with Crippen molar-refractivity contribution >= 4 is 33.4 Å². The molecular weight excluding hydrogens is 356 g/mol. The molecule has 0 atom stereocenters. The molecule has 1 rings (SSSR count). The van der Waals surface area contributed by atoms with Gasteiger partial charge in [0.05, 0.1) is 16.5 Å². The Morgan fingerprint density at radius 3 is 2.41 bits per heavy atom. The quantitative estimate of drug-likeness (QED) is 0.584. The molecule has 0 spiro atoms. The minimum Gasteiger partial charge on any atom is -0.493 e. The van der Waals surface area contributed by atoms with Gasteiger partial charge >= 0.3 is 6.09 Å². The number of carbonyl (C=O) groups is 1. The van der Waals surface area contributed by atoms with Crippen LogP contribution < -0.4 is 9.64 Å². The molecule has 7 nitrogen and oxygen atoms in total. The smallest absolute Gasteiger partial charge is 0.415 e. The fraction of sp³-hybridized carbons (Fsp3) is 0.500. The third kappa shape index (κ3) is 4.09. The molecule has 0 fully saturated rings. The molecule has 0 unspecified atom stereocenters. The molecule has 0 aliphatic carbocycles. The molecule has 8 heteroatoms. The lowest BCUT2D eigenvalue weighted by atomic mass is 10.2. The van der Waals surface area contributed by atoms with Gasteiger partial charge in [0.1, 0.15) is 5.60 Å². The minimum absolute atomic E-state index is 0.0682. The van der Waals surface area contributed by atoms with Crippen molar-refractivity contribution in [1.82, 2.24) is 0 Å². The van der Waals surface area contributed by atoms with Crippen LogP contribution in [-0.4, -0.2) is 30.3 Å². The zero-order valence-corrected chi connectivity index (χ0v) is 14.8. The third-order valence-corrected chi connectivity index (χ3v) is 3.29. The molecule has 0 radical (unpaired) electrons. The summed E-state index contributed by atoms with van der Waals surface area (Å²) in [6.07, 6.45) is -0.672. The molecule has 0 aliphatic heterocycles. The number of amides is 1. The first kappa shape index (κ1) is 18.2. The maximum absolute atomic E-state index is 12.4. The van der Waals surface area contributed by atoms with Gasteiger partial charge in [-0.05, 0) is 49.7 Å². The van der Waals surface area contributed by atoms with Crippen molar-refractivity contribution < 1.29 is 19.2 Å². The first-order chi connectivity index (χ1) is 10.1. The first-order valence-electron chi connectivity index (χ1n) is 6.63. The van der Waals surface area contributed by atoms with Crippen molar-refractivity contribution in [3.63, 3.8) is 0 Å². The predicted octanol–water partition coefficient (Wildman–Crippen LogP) is 4.13. The number of hydrogen-bond acceptors (Lipinski definition) is 5. The van der Waals surface area contributed by atoms with E-state index in [0.29, 0.717) is 4.47 Å². The number of carbonyl (C=O) groups excluding carboxylic acids is 1. The van der Waals surface area contributed by atoms with Crippen molar-refractivity contribution in [2.45, 2.75) is 33.3 Å². The Hall–Kier alpha value is -1.83. The van der Waals surface area contributed by atoms with Crippen molar-refractivity contribution in [1.29, 1.82) is 0 Å². The van der Waals surface area contributed by atoms with Crippen LogP contribution in [0.15, 0.2) is 16.6 Å². The molecule has 1 aromatic rings. The van der Waals surface area contributed by atoms with Gasteiger partial charge in [-0.25, -0.2) is 4.79 Å². The van der Waals surface area contributed by atoms with E-state index in [1.54, 1.807) is 27.7 Å². The molecule has 0 N–H and O–H groups in total. The zero-order chi connectivity index (χ0) is 17.1. The number of methoxy groups -OCH3 is 1. The van der Waals surface area contributed by atoms with Crippen LogP contribution >= 0.6 is 15.9 Å². The summed E-state index contributed by atoms with van der Waals surface area (Å²) < 4.78 is 11.1. The van der Waals surface area contributed by atoms with E-state index in [0.717, 1.165) is 0 Å². The van der Waals surface area contributed by atoms with Crippen LogP contribution in [0.5, 0.6) is 5.75 Å². The highest BCUT2D eigenvalue weighted by molar-refractivity contribution is 9.10. The number of nitrogens with zero attached hydrogens (tertiary/aromatic N) is 2. The summed E-state index contributed by atoms with van der Waals surface area (Å²) in [6.45, 7) is 7.08. The molecule has 0 saturated heterocycles. The van der Waals surface area contributed by atoms with Gasteiger partial charge < -0.3 is 9.47 Å². The Kier molecular flexibility index (Phi) is 5.76. The zero-order valence-electron chi connectivity index (χ0n) is 13.2. The van der Waals surface area contributed by atoms with Crippen molar-refractivity contribution in [2.75, 3.05) is 18.6 Å². The number of ether oxygens (including phenoxy) is 2. The van der Waals surface area contributed by atoms with Gasteiger partial charge in [-0.2, -0.15) is 0 Å². The monoisotopic (exact) mass is 374 g/mol. The van der Waals surface area contributed by atoms with Gasteiger partial charge in [-0.1, -0.05) is 0 Å². The summed E-state index contributed by atoms with van der Waals surface area (Å²) in [5.74, 6) is 0.210. The minimum atomic E-state index is -0.710. The van der Waals surface area contributed by atoms with Crippen LogP contribution in [0, 0.1) is 10.1 Å². The second-order valence-corrected chi connectivity index (χ2v) is 6.28. The molecule has 122 valence electrons. The van der Waals surface area contributed by atoms with Crippen LogP contribution in [-0.2, 0) is 4.74 Å². The second-order valence-electron chi connectivity index (χ2n) is 5.43. The van der Waals surface area contributed by atoms with Gasteiger partial charge in [-0.15, -0.1) is 0 Å².